The van der Waals surface area contributed by atoms with E-state index in [0.717, 1.165) is 0 Å². The lowest BCUT2D eigenvalue weighted by molar-refractivity contribution is -0.141. The molecule has 0 radical (unpaired) electrons. The zero-order valence-corrected chi connectivity index (χ0v) is 9.25. The smallest absolute Gasteiger partial charge is 0.321 e. The Balaban J connectivity index is 2.38. The van der Waals surface area contributed by atoms with Crippen LogP contribution in [0.4, 0.5) is 10.7 Å². The predicted molar refractivity (Wildman–Crippen MR) is 58.3 cm³/mol. The number of anilines is 1. The van der Waals surface area contributed by atoms with E-state index in [1.54, 1.807) is 6.92 Å². The molecule has 2 amide bonds. The highest BCUT2D eigenvalue weighted by Crippen LogP contribution is 2.00. The van der Waals surface area contributed by atoms with Gasteiger partial charge in [0, 0.05) is 6.54 Å². The Morgan fingerprint density at radius 2 is 2.24 bits per heavy atom. The first-order valence-electron chi connectivity index (χ1n) is 5.04. The number of carboxylic acids is 1. The van der Waals surface area contributed by atoms with Gasteiger partial charge in [-0.3, -0.25) is 10.1 Å². The first kappa shape index (κ1) is 12.8. The number of nitrogens with zero attached hydrogens (tertiary/aromatic N) is 3. The summed E-state index contributed by atoms with van der Waals surface area (Å²) >= 11 is 0. The molecule has 3 N–H and O–H groups in total. The summed E-state index contributed by atoms with van der Waals surface area (Å²) in [5, 5.41) is 20.6. The molecule has 1 aromatic rings. The van der Waals surface area contributed by atoms with Crippen LogP contribution in [-0.2, 0) is 4.79 Å². The molecule has 1 heterocycles. The van der Waals surface area contributed by atoms with Crippen molar-refractivity contribution in [3.63, 3.8) is 0 Å². The summed E-state index contributed by atoms with van der Waals surface area (Å²) in [5.74, 6) is -1.48. The molecule has 0 aromatic carbocycles. The third-order valence-corrected chi connectivity index (χ3v) is 2.06. The average molecular weight is 239 g/mol. The molecular formula is C9H13N5O3. The van der Waals surface area contributed by atoms with E-state index in [1.165, 1.54) is 12.4 Å². The van der Waals surface area contributed by atoms with Crippen LogP contribution in [0.15, 0.2) is 12.4 Å². The summed E-state index contributed by atoms with van der Waals surface area (Å²) in [6, 6.07) is -0.558. The Hall–Kier alpha value is -2.25. The van der Waals surface area contributed by atoms with Crippen molar-refractivity contribution < 1.29 is 14.7 Å². The first-order chi connectivity index (χ1) is 8.13. The first-order valence-corrected chi connectivity index (χ1v) is 5.04. The van der Waals surface area contributed by atoms with Crippen LogP contribution in [0.5, 0.6) is 0 Å². The SMILES string of the molecule is CCC(CNC(=O)Nc1nccnn1)C(=O)O. The Bertz CT molecular complexity index is 383. The van der Waals surface area contributed by atoms with Gasteiger partial charge in [-0.15, -0.1) is 5.10 Å². The van der Waals surface area contributed by atoms with Crippen LogP contribution < -0.4 is 10.6 Å². The van der Waals surface area contributed by atoms with Crippen LogP contribution in [0.3, 0.4) is 0 Å². The molecule has 0 spiro atoms. The molecule has 8 nitrogen and oxygen atoms in total. The van der Waals surface area contributed by atoms with Crippen LogP contribution in [0, 0.1) is 5.92 Å². The summed E-state index contributed by atoms with van der Waals surface area (Å²) in [5.41, 5.74) is 0. The second-order valence-corrected chi connectivity index (χ2v) is 3.24. The zero-order valence-electron chi connectivity index (χ0n) is 9.25. The van der Waals surface area contributed by atoms with Gasteiger partial charge in [0.2, 0.25) is 0 Å². The van der Waals surface area contributed by atoms with E-state index < -0.39 is 17.9 Å². The lowest BCUT2D eigenvalue weighted by atomic mass is 10.1. The molecule has 0 aliphatic carbocycles. The number of hydrogen-bond acceptors (Lipinski definition) is 5. The fourth-order valence-electron chi connectivity index (χ4n) is 1.07. The van der Waals surface area contributed by atoms with Crippen molar-refractivity contribution in [1.82, 2.24) is 20.5 Å². The van der Waals surface area contributed by atoms with Crippen molar-refractivity contribution in [2.75, 3.05) is 11.9 Å². The van der Waals surface area contributed by atoms with Crippen molar-refractivity contribution in [1.29, 1.82) is 0 Å². The second kappa shape index (κ2) is 6.36. The number of rotatable bonds is 5. The molecule has 0 bridgehead atoms. The highest BCUT2D eigenvalue weighted by atomic mass is 16.4. The van der Waals surface area contributed by atoms with Crippen LogP contribution in [-0.4, -0.2) is 38.8 Å². The van der Waals surface area contributed by atoms with Crippen LogP contribution in [0.2, 0.25) is 0 Å². The fraction of sp³-hybridized carbons (Fsp3) is 0.444. The minimum atomic E-state index is -0.939. The lowest BCUT2D eigenvalue weighted by Gasteiger charge is -2.10. The van der Waals surface area contributed by atoms with Crippen molar-refractivity contribution in [3.8, 4) is 0 Å². The molecule has 0 aliphatic rings. The molecular weight excluding hydrogens is 226 g/mol. The minimum Gasteiger partial charge on any atom is -0.481 e. The molecule has 1 unspecified atom stereocenters. The zero-order chi connectivity index (χ0) is 12.7. The summed E-state index contributed by atoms with van der Waals surface area (Å²) in [4.78, 5) is 25.8. The number of aromatic nitrogens is 3. The molecule has 17 heavy (non-hydrogen) atoms. The van der Waals surface area contributed by atoms with Crippen molar-refractivity contribution in [2.45, 2.75) is 13.3 Å². The molecule has 8 heteroatoms. The lowest BCUT2D eigenvalue weighted by Crippen LogP contribution is -2.35. The van der Waals surface area contributed by atoms with Gasteiger partial charge in [-0.05, 0) is 6.42 Å². The number of aliphatic carboxylic acids is 1. The topological polar surface area (TPSA) is 117 Å². The number of hydrogen-bond donors (Lipinski definition) is 3. The van der Waals surface area contributed by atoms with Gasteiger partial charge >= 0.3 is 12.0 Å². The fourth-order valence-corrected chi connectivity index (χ4v) is 1.07. The van der Waals surface area contributed by atoms with Gasteiger partial charge in [0.15, 0.2) is 0 Å². The van der Waals surface area contributed by atoms with Crippen molar-refractivity contribution >= 4 is 17.9 Å². The highest BCUT2D eigenvalue weighted by Gasteiger charge is 2.15. The quantitative estimate of drug-likeness (QED) is 0.671. The third-order valence-electron chi connectivity index (χ3n) is 2.06. The molecule has 0 fully saturated rings. The number of carboxylic acid groups (broad SMARTS) is 1. The summed E-state index contributed by atoms with van der Waals surface area (Å²) in [6.07, 6.45) is 3.20. The molecule has 0 aliphatic heterocycles. The molecule has 0 saturated carbocycles. The maximum atomic E-state index is 11.3. The van der Waals surface area contributed by atoms with E-state index in [2.05, 4.69) is 25.8 Å². The number of nitrogens with one attached hydrogen (secondary N) is 2. The maximum Gasteiger partial charge on any atom is 0.321 e. The Morgan fingerprint density at radius 1 is 1.47 bits per heavy atom. The van der Waals surface area contributed by atoms with Gasteiger partial charge in [-0.25, -0.2) is 9.78 Å². The highest BCUT2D eigenvalue weighted by molar-refractivity contribution is 5.87. The number of urea groups is 1. The molecule has 1 rings (SSSR count). The minimum absolute atomic E-state index is 0.0535. The third kappa shape index (κ3) is 4.41. The second-order valence-electron chi connectivity index (χ2n) is 3.24. The Kier molecular flexibility index (Phi) is 4.79. The largest absolute Gasteiger partial charge is 0.481 e. The van der Waals surface area contributed by atoms with E-state index in [0.29, 0.717) is 6.42 Å². The molecule has 1 aromatic heterocycles. The summed E-state index contributed by atoms with van der Waals surface area (Å²) in [6.45, 7) is 1.79. The average Bonchev–Trinajstić information content (AvgIpc) is 2.30. The number of carbonyl (C=O) groups is 2. The van der Waals surface area contributed by atoms with Gasteiger partial charge in [-0.2, -0.15) is 5.10 Å². The van der Waals surface area contributed by atoms with E-state index in [1.807, 2.05) is 0 Å². The number of amides is 2. The van der Waals surface area contributed by atoms with Gasteiger partial charge < -0.3 is 10.4 Å². The van der Waals surface area contributed by atoms with E-state index in [4.69, 9.17) is 5.11 Å². The molecule has 92 valence electrons. The standard InChI is InChI=1S/C9H13N5O3/c1-2-6(7(15)16)5-11-9(17)13-8-10-3-4-12-14-8/h3-4,6H,2,5H2,1H3,(H,15,16)(H2,10,11,13,14,17). The van der Waals surface area contributed by atoms with Crippen LogP contribution >= 0.6 is 0 Å². The van der Waals surface area contributed by atoms with E-state index >= 15 is 0 Å². The monoisotopic (exact) mass is 239 g/mol. The van der Waals surface area contributed by atoms with Crippen LogP contribution in [0.1, 0.15) is 13.3 Å². The maximum absolute atomic E-state index is 11.3. The normalized spacial score (nSPS) is 11.6. The van der Waals surface area contributed by atoms with E-state index in [-0.39, 0.29) is 12.5 Å². The molecule has 1 atom stereocenters. The Labute approximate surface area is 97.5 Å². The Morgan fingerprint density at radius 3 is 2.76 bits per heavy atom. The van der Waals surface area contributed by atoms with Gasteiger partial charge in [0.05, 0.1) is 18.3 Å². The van der Waals surface area contributed by atoms with Crippen LogP contribution in [0.25, 0.3) is 0 Å². The van der Waals surface area contributed by atoms with Crippen molar-refractivity contribution in [2.24, 2.45) is 5.92 Å². The van der Waals surface area contributed by atoms with Gasteiger partial charge in [0.1, 0.15) is 0 Å². The van der Waals surface area contributed by atoms with Gasteiger partial charge in [0.25, 0.3) is 5.95 Å². The summed E-state index contributed by atoms with van der Waals surface area (Å²) in [7, 11) is 0. The number of carbonyl (C=O) groups excluding carboxylic acids is 1. The van der Waals surface area contributed by atoms with Crippen molar-refractivity contribution in [3.05, 3.63) is 12.4 Å². The van der Waals surface area contributed by atoms with E-state index in [9.17, 15) is 9.59 Å². The molecule has 0 saturated heterocycles. The predicted octanol–water partition coefficient (Wildman–Crippen LogP) is 0.104. The summed E-state index contributed by atoms with van der Waals surface area (Å²) < 4.78 is 0. The van der Waals surface area contributed by atoms with Gasteiger partial charge in [-0.1, -0.05) is 6.92 Å².